The summed E-state index contributed by atoms with van der Waals surface area (Å²) in [4.78, 5) is 12.1. The highest BCUT2D eigenvalue weighted by molar-refractivity contribution is 5.82. The summed E-state index contributed by atoms with van der Waals surface area (Å²) in [5.41, 5.74) is 5.17. The largest absolute Gasteiger partial charge is 0.388 e. The third-order valence-corrected chi connectivity index (χ3v) is 3.60. The van der Waals surface area contributed by atoms with Crippen LogP contribution in [0.15, 0.2) is 30.3 Å². The molecule has 0 radical (unpaired) electrons. The molecule has 1 aromatic carbocycles. The van der Waals surface area contributed by atoms with E-state index in [0.717, 1.165) is 5.56 Å². The van der Waals surface area contributed by atoms with Crippen LogP contribution >= 0.6 is 0 Å². The summed E-state index contributed by atoms with van der Waals surface area (Å²) < 4.78 is 0. The lowest BCUT2D eigenvalue weighted by atomic mass is 9.85. The van der Waals surface area contributed by atoms with Crippen molar-refractivity contribution >= 4 is 5.91 Å². The molecule has 106 valence electrons. The first kappa shape index (κ1) is 15.7. The average molecular weight is 264 g/mol. The summed E-state index contributed by atoms with van der Waals surface area (Å²) in [7, 11) is 0. The summed E-state index contributed by atoms with van der Waals surface area (Å²) in [5.74, 6) is -0.254. The van der Waals surface area contributed by atoms with Crippen LogP contribution in [0.4, 0.5) is 0 Å². The Morgan fingerprint density at radius 2 is 1.79 bits per heavy atom. The van der Waals surface area contributed by atoms with Gasteiger partial charge in [-0.3, -0.25) is 4.79 Å². The molecule has 1 aromatic rings. The van der Waals surface area contributed by atoms with E-state index >= 15 is 0 Å². The number of nitrogens with two attached hydrogens (primary N) is 1. The van der Waals surface area contributed by atoms with E-state index in [9.17, 15) is 9.90 Å². The highest BCUT2D eigenvalue weighted by Crippen LogP contribution is 2.20. The fraction of sp³-hybridized carbons (Fsp3) is 0.533. The Morgan fingerprint density at radius 1 is 1.26 bits per heavy atom. The van der Waals surface area contributed by atoms with Gasteiger partial charge in [0.05, 0.1) is 17.2 Å². The second-order valence-corrected chi connectivity index (χ2v) is 5.97. The molecule has 0 aliphatic rings. The number of nitrogens with one attached hydrogen (secondary N) is 1. The first-order valence-electron chi connectivity index (χ1n) is 6.47. The van der Waals surface area contributed by atoms with E-state index in [1.165, 1.54) is 0 Å². The number of aliphatic hydroxyl groups is 1. The standard InChI is InChI=1S/C15H24N2O2/c1-14(2,15(3,4)19)17-13(18)12(16)10-11-8-6-5-7-9-11/h5-9,12,19H,10,16H2,1-4H3,(H,17,18). The van der Waals surface area contributed by atoms with Crippen molar-refractivity contribution in [3.05, 3.63) is 35.9 Å². The summed E-state index contributed by atoms with van der Waals surface area (Å²) >= 11 is 0. The maximum absolute atomic E-state index is 12.1. The van der Waals surface area contributed by atoms with E-state index in [4.69, 9.17) is 5.73 Å². The third kappa shape index (κ3) is 4.33. The highest BCUT2D eigenvalue weighted by Gasteiger charge is 2.37. The predicted octanol–water partition coefficient (Wildman–Crippen LogP) is 1.22. The molecule has 4 nitrogen and oxygen atoms in total. The van der Waals surface area contributed by atoms with Crippen LogP contribution in [-0.4, -0.2) is 28.2 Å². The second kappa shape index (κ2) is 5.72. The third-order valence-electron chi connectivity index (χ3n) is 3.60. The molecule has 4 heteroatoms. The maximum atomic E-state index is 12.1. The lowest BCUT2D eigenvalue weighted by Gasteiger charge is -2.38. The Labute approximate surface area is 115 Å². The Hall–Kier alpha value is -1.39. The minimum atomic E-state index is -1.02. The Bertz CT molecular complexity index is 422. The molecule has 0 bridgehead atoms. The first-order chi connectivity index (χ1) is 8.63. The molecule has 19 heavy (non-hydrogen) atoms. The van der Waals surface area contributed by atoms with Gasteiger partial charge >= 0.3 is 0 Å². The van der Waals surface area contributed by atoms with Crippen molar-refractivity contribution < 1.29 is 9.90 Å². The number of benzene rings is 1. The Kier molecular flexibility index (Phi) is 4.71. The van der Waals surface area contributed by atoms with E-state index < -0.39 is 17.2 Å². The lowest BCUT2D eigenvalue weighted by molar-refractivity contribution is -0.127. The molecule has 1 amide bonds. The van der Waals surface area contributed by atoms with Gasteiger partial charge in [0.2, 0.25) is 5.91 Å². The van der Waals surface area contributed by atoms with Crippen LogP contribution in [0.5, 0.6) is 0 Å². The van der Waals surface area contributed by atoms with Crippen molar-refractivity contribution in [3.63, 3.8) is 0 Å². The number of hydrogen-bond donors (Lipinski definition) is 3. The fourth-order valence-electron chi connectivity index (χ4n) is 1.51. The van der Waals surface area contributed by atoms with Crippen molar-refractivity contribution in [3.8, 4) is 0 Å². The van der Waals surface area contributed by atoms with Gasteiger partial charge in [-0.15, -0.1) is 0 Å². The van der Waals surface area contributed by atoms with Crippen LogP contribution in [0, 0.1) is 0 Å². The molecule has 1 unspecified atom stereocenters. The molecule has 0 saturated heterocycles. The SMILES string of the molecule is CC(C)(O)C(C)(C)NC(=O)C(N)Cc1ccccc1. The molecule has 0 aliphatic heterocycles. The maximum Gasteiger partial charge on any atom is 0.237 e. The van der Waals surface area contributed by atoms with Crippen molar-refractivity contribution in [2.24, 2.45) is 5.73 Å². The molecule has 0 saturated carbocycles. The predicted molar refractivity (Wildman–Crippen MR) is 76.6 cm³/mol. The Balaban J connectivity index is 2.64. The molecule has 0 spiro atoms. The second-order valence-electron chi connectivity index (χ2n) is 5.97. The summed E-state index contributed by atoms with van der Waals surface area (Å²) in [5, 5.41) is 12.8. The zero-order chi connectivity index (χ0) is 14.7. The van der Waals surface area contributed by atoms with Crippen LogP contribution in [0.3, 0.4) is 0 Å². The van der Waals surface area contributed by atoms with E-state index in [1.807, 2.05) is 30.3 Å². The van der Waals surface area contributed by atoms with Gasteiger partial charge in [-0.1, -0.05) is 30.3 Å². The van der Waals surface area contributed by atoms with Crippen molar-refractivity contribution in [1.82, 2.24) is 5.32 Å². The molecule has 4 N–H and O–H groups in total. The topological polar surface area (TPSA) is 75.3 Å². The fourth-order valence-corrected chi connectivity index (χ4v) is 1.51. The average Bonchev–Trinajstić information content (AvgIpc) is 2.28. The molecular formula is C15H24N2O2. The van der Waals surface area contributed by atoms with E-state index in [2.05, 4.69) is 5.32 Å². The molecular weight excluding hydrogens is 240 g/mol. The molecule has 1 atom stereocenters. The quantitative estimate of drug-likeness (QED) is 0.748. The zero-order valence-electron chi connectivity index (χ0n) is 12.1. The smallest absolute Gasteiger partial charge is 0.237 e. The number of carbonyl (C=O) groups is 1. The van der Waals surface area contributed by atoms with Gasteiger partial charge in [-0.05, 0) is 39.7 Å². The van der Waals surface area contributed by atoms with Crippen LogP contribution in [0.1, 0.15) is 33.3 Å². The monoisotopic (exact) mass is 264 g/mol. The number of amides is 1. The van der Waals surface area contributed by atoms with Gasteiger partial charge in [0, 0.05) is 0 Å². The van der Waals surface area contributed by atoms with Gasteiger partial charge in [0.25, 0.3) is 0 Å². The van der Waals surface area contributed by atoms with Gasteiger partial charge in [-0.2, -0.15) is 0 Å². The summed E-state index contributed by atoms with van der Waals surface area (Å²) in [6.45, 7) is 6.88. The minimum absolute atomic E-state index is 0.254. The Morgan fingerprint density at radius 3 is 2.26 bits per heavy atom. The zero-order valence-corrected chi connectivity index (χ0v) is 12.1. The summed E-state index contributed by atoms with van der Waals surface area (Å²) in [6, 6.07) is 9.01. The van der Waals surface area contributed by atoms with Gasteiger partial charge in [0.15, 0.2) is 0 Å². The van der Waals surface area contributed by atoms with Crippen molar-refractivity contribution in [1.29, 1.82) is 0 Å². The summed E-state index contributed by atoms with van der Waals surface area (Å²) in [6.07, 6.45) is 0.481. The van der Waals surface area contributed by atoms with Gasteiger partial charge in [0.1, 0.15) is 0 Å². The van der Waals surface area contributed by atoms with E-state index in [1.54, 1.807) is 27.7 Å². The number of rotatable bonds is 5. The highest BCUT2D eigenvalue weighted by atomic mass is 16.3. The number of carbonyl (C=O) groups excluding carboxylic acids is 1. The molecule has 1 rings (SSSR count). The van der Waals surface area contributed by atoms with Crippen LogP contribution in [0.2, 0.25) is 0 Å². The molecule has 0 fully saturated rings. The van der Waals surface area contributed by atoms with Crippen LogP contribution in [-0.2, 0) is 11.2 Å². The molecule has 0 aromatic heterocycles. The minimum Gasteiger partial charge on any atom is -0.388 e. The van der Waals surface area contributed by atoms with Gasteiger partial charge < -0.3 is 16.2 Å². The van der Waals surface area contributed by atoms with Crippen LogP contribution in [0.25, 0.3) is 0 Å². The van der Waals surface area contributed by atoms with E-state index in [-0.39, 0.29) is 5.91 Å². The van der Waals surface area contributed by atoms with E-state index in [0.29, 0.717) is 6.42 Å². The molecule has 0 heterocycles. The molecule has 0 aliphatic carbocycles. The first-order valence-corrected chi connectivity index (χ1v) is 6.47. The lowest BCUT2D eigenvalue weighted by Crippen LogP contribution is -2.60. The van der Waals surface area contributed by atoms with Crippen molar-refractivity contribution in [2.45, 2.75) is 51.3 Å². The van der Waals surface area contributed by atoms with Crippen LogP contribution < -0.4 is 11.1 Å². The normalized spacial score (nSPS) is 14.0. The van der Waals surface area contributed by atoms with Crippen molar-refractivity contribution in [2.75, 3.05) is 0 Å². The van der Waals surface area contributed by atoms with Gasteiger partial charge in [-0.25, -0.2) is 0 Å². The number of hydrogen-bond acceptors (Lipinski definition) is 3.